The summed E-state index contributed by atoms with van der Waals surface area (Å²) in [6, 6.07) is 14.1. The average Bonchev–Trinajstić information content (AvgIpc) is 3.21. The molecule has 0 atom stereocenters. The summed E-state index contributed by atoms with van der Waals surface area (Å²) in [7, 11) is 0. The fourth-order valence-electron chi connectivity index (χ4n) is 3.64. The Kier molecular flexibility index (Phi) is 6.39. The number of aromatic amines is 1. The third-order valence-electron chi connectivity index (χ3n) is 5.28. The number of nitrogens with one attached hydrogen (secondary N) is 2. The predicted molar refractivity (Wildman–Crippen MR) is 114 cm³/mol. The highest BCUT2D eigenvalue weighted by Gasteiger charge is 2.14. The van der Waals surface area contributed by atoms with Crippen LogP contribution in [0.4, 0.5) is 10.1 Å². The molecule has 0 radical (unpaired) electrons. The molecule has 156 valence electrons. The first-order valence-electron chi connectivity index (χ1n) is 10.3. The molecule has 3 aromatic rings. The number of rotatable bonds is 7. The molecule has 30 heavy (non-hydrogen) atoms. The van der Waals surface area contributed by atoms with Crippen molar-refractivity contribution in [2.24, 2.45) is 0 Å². The zero-order valence-corrected chi connectivity index (χ0v) is 16.7. The Hall–Kier alpha value is -3.19. The summed E-state index contributed by atoms with van der Waals surface area (Å²) in [6.07, 6.45) is 4.96. The maximum atomic E-state index is 13.9. The van der Waals surface area contributed by atoms with Crippen molar-refractivity contribution < 1.29 is 13.9 Å². The lowest BCUT2D eigenvalue weighted by atomic mass is 10.1. The fourth-order valence-corrected chi connectivity index (χ4v) is 3.64. The van der Waals surface area contributed by atoms with E-state index in [0.29, 0.717) is 23.4 Å². The quantitative estimate of drug-likeness (QED) is 0.610. The molecule has 0 unspecified atom stereocenters. The SMILES string of the molecule is O=C(Nc1ccccc1-c1[nH]ncc1F)c1ccc(OCCN2CCCCC2)cc1. The number of hydrogen-bond acceptors (Lipinski definition) is 4. The lowest BCUT2D eigenvalue weighted by Gasteiger charge is -2.26. The number of anilines is 1. The third kappa shape index (κ3) is 4.86. The van der Waals surface area contributed by atoms with Crippen LogP contribution in [0.1, 0.15) is 29.6 Å². The van der Waals surface area contributed by atoms with Gasteiger partial charge >= 0.3 is 0 Å². The number of ether oxygens (including phenoxy) is 1. The standard InChI is InChI=1S/C23H25FN4O2/c24-20-16-25-27-22(20)19-6-2-3-7-21(19)26-23(29)17-8-10-18(11-9-17)30-15-14-28-12-4-1-5-13-28/h2-3,6-11,16H,1,4-5,12-15H2,(H,25,27)(H,26,29). The van der Waals surface area contributed by atoms with Crippen molar-refractivity contribution in [3.63, 3.8) is 0 Å². The third-order valence-corrected chi connectivity index (χ3v) is 5.28. The van der Waals surface area contributed by atoms with Gasteiger partial charge in [0.1, 0.15) is 18.1 Å². The van der Waals surface area contributed by atoms with Crippen LogP contribution < -0.4 is 10.1 Å². The highest BCUT2D eigenvalue weighted by Crippen LogP contribution is 2.28. The summed E-state index contributed by atoms with van der Waals surface area (Å²) in [5, 5.41) is 9.19. The second kappa shape index (κ2) is 9.54. The zero-order chi connectivity index (χ0) is 20.8. The molecular weight excluding hydrogens is 383 g/mol. The fraction of sp³-hybridized carbons (Fsp3) is 0.304. The number of nitrogens with zero attached hydrogens (tertiary/aromatic N) is 2. The van der Waals surface area contributed by atoms with Gasteiger partial charge in [-0.3, -0.25) is 14.8 Å². The van der Waals surface area contributed by atoms with E-state index in [1.54, 1.807) is 48.5 Å². The van der Waals surface area contributed by atoms with Gasteiger partial charge in [0.05, 0.1) is 11.9 Å². The molecule has 0 aliphatic carbocycles. The minimum Gasteiger partial charge on any atom is -0.492 e. The molecule has 6 nitrogen and oxygen atoms in total. The molecule has 1 saturated heterocycles. The molecule has 4 rings (SSSR count). The van der Waals surface area contributed by atoms with Crippen LogP contribution in [0.25, 0.3) is 11.3 Å². The minimum atomic E-state index is -0.470. The van der Waals surface area contributed by atoms with Crippen molar-refractivity contribution >= 4 is 11.6 Å². The van der Waals surface area contributed by atoms with Gasteiger partial charge in [0, 0.05) is 17.7 Å². The maximum absolute atomic E-state index is 13.9. The van der Waals surface area contributed by atoms with Crippen LogP contribution in [0.15, 0.2) is 54.7 Å². The smallest absolute Gasteiger partial charge is 0.255 e. The van der Waals surface area contributed by atoms with Crippen molar-refractivity contribution in [1.29, 1.82) is 0 Å². The first-order valence-corrected chi connectivity index (χ1v) is 10.3. The number of para-hydroxylation sites is 1. The van der Waals surface area contributed by atoms with Crippen molar-refractivity contribution in [2.75, 3.05) is 31.6 Å². The minimum absolute atomic E-state index is 0.239. The molecule has 1 amide bonds. The van der Waals surface area contributed by atoms with Crippen molar-refractivity contribution in [1.82, 2.24) is 15.1 Å². The molecular formula is C23H25FN4O2. The van der Waals surface area contributed by atoms with E-state index >= 15 is 0 Å². The number of aromatic nitrogens is 2. The van der Waals surface area contributed by atoms with Gasteiger partial charge in [-0.2, -0.15) is 5.10 Å². The van der Waals surface area contributed by atoms with Crippen LogP contribution in [0.5, 0.6) is 5.75 Å². The monoisotopic (exact) mass is 408 g/mol. The van der Waals surface area contributed by atoms with E-state index in [1.165, 1.54) is 19.3 Å². The predicted octanol–water partition coefficient (Wildman–Crippen LogP) is 4.33. The van der Waals surface area contributed by atoms with E-state index in [0.717, 1.165) is 31.6 Å². The van der Waals surface area contributed by atoms with Crippen molar-refractivity contribution in [2.45, 2.75) is 19.3 Å². The van der Waals surface area contributed by atoms with E-state index < -0.39 is 5.82 Å². The molecule has 2 N–H and O–H groups in total. The summed E-state index contributed by atoms with van der Waals surface area (Å²) < 4.78 is 19.7. The van der Waals surface area contributed by atoms with Gasteiger partial charge < -0.3 is 10.1 Å². The van der Waals surface area contributed by atoms with Crippen LogP contribution in [-0.4, -0.2) is 47.2 Å². The Bertz CT molecular complexity index is 981. The molecule has 2 aromatic carbocycles. The second-order valence-electron chi connectivity index (χ2n) is 7.37. The number of benzene rings is 2. The number of halogens is 1. The van der Waals surface area contributed by atoms with Gasteiger partial charge in [-0.15, -0.1) is 0 Å². The molecule has 0 bridgehead atoms. The van der Waals surface area contributed by atoms with Crippen LogP contribution in [-0.2, 0) is 0 Å². The molecule has 1 aliphatic heterocycles. The largest absolute Gasteiger partial charge is 0.492 e. The Balaban J connectivity index is 1.36. The first-order chi connectivity index (χ1) is 14.7. The Morgan fingerprint density at radius 1 is 1.10 bits per heavy atom. The molecule has 1 aliphatic rings. The van der Waals surface area contributed by atoms with E-state index in [2.05, 4.69) is 20.4 Å². The Labute approximate surface area is 175 Å². The van der Waals surface area contributed by atoms with E-state index in [1.807, 2.05) is 0 Å². The summed E-state index contributed by atoms with van der Waals surface area (Å²) in [5.41, 5.74) is 1.78. The van der Waals surface area contributed by atoms with Crippen LogP contribution in [0.3, 0.4) is 0 Å². The molecule has 1 fully saturated rings. The van der Waals surface area contributed by atoms with Gasteiger partial charge in [0.2, 0.25) is 0 Å². The zero-order valence-electron chi connectivity index (χ0n) is 16.7. The van der Waals surface area contributed by atoms with Crippen LogP contribution >= 0.6 is 0 Å². The van der Waals surface area contributed by atoms with Crippen molar-refractivity contribution in [3.05, 3.63) is 66.1 Å². The number of hydrogen-bond donors (Lipinski definition) is 2. The number of amides is 1. The summed E-state index contributed by atoms with van der Waals surface area (Å²) in [6.45, 7) is 3.84. The van der Waals surface area contributed by atoms with Crippen LogP contribution in [0, 0.1) is 5.82 Å². The number of carbonyl (C=O) groups excluding carboxylic acids is 1. The molecule has 2 heterocycles. The van der Waals surface area contributed by atoms with Gasteiger partial charge in [0.25, 0.3) is 5.91 Å². The van der Waals surface area contributed by atoms with Gasteiger partial charge in [-0.1, -0.05) is 24.6 Å². The number of likely N-dealkylation sites (tertiary alicyclic amines) is 1. The number of piperidine rings is 1. The Morgan fingerprint density at radius 2 is 1.87 bits per heavy atom. The molecule has 0 saturated carbocycles. The summed E-state index contributed by atoms with van der Waals surface area (Å²) >= 11 is 0. The normalized spacial score (nSPS) is 14.4. The van der Waals surface area contributed by atoms with E-state index in [4.69, 9.17) is 4.74 Å². The van der Waals surface area contributed by atoms with Gasteiger partial charge in [-0.05, 0) is 56.3 Å². The highest BCUT2D eigenvalue weighted by atomic mass is 19.1. The first kappa shape index (κ1) is 20.1. The maximum Gasteiger partial charge on any atom is 0.255 e. The topological polar surface area (TPSA) is 70.2 Å². The van der Waals surface area contributed by atoms with Gasteiger partial charge in [0.15, 0.2) is 5.82 Å². The highest BCUT2D eigenvalue weighted by molar-refractivity contribution is 6.06. The number of carbonyl (C=O) groups is 1. The Morgan fingerprint density at radius 3 is 2.60 bits per heavy atom. The van der Waals surface area contributed by atoms with E-state index in [9.17, 15) is 9.18 Å². The van der Waals surface area contributed by atoms with Gasteiger partial charge in [-0.25, -0.2) is 4.39 Å². The van der Waals surface area contributed by atoms with Crippen molar-refractivity contribution in [3.8, 4) is 17.0 Å². The average molecular weight is 408 g/mol. The molecule has 1 aromatic heterocycles. The summed E-state index contributed by atoms with van der Waals surface area (Å²) in [5.74, 6) is -0.00603. The molecule has 7 heteroatoms. The lowest BCUT2D eigenvalue weighted by molar-refractivity contribution is 0.102. The molecule has 0 spiro atoms. The van der Waals surface area contributed by atoms with Crippen LogP contribution in [0.2, 0.25) is 0 Å². The second-order valence-corrected chi connectivity index (χ2v) is 7.37. The number of H-pyrrole nitrogens is 1. The summed E-state index contributed by atoms with van der Waals surface area (Å²) in [4.78, 5) is 15.1. The lowest BCUT2D eigenvalue weighted by Crippen LogP contribution is -2.33. The van der Waals surface area contributed by atoms with E-state index in [-0.39, 0.29) is 11.6 Å².